The van der Waals surface area contributed by atoms with Crippen LogP contribution in [-0.4, -0.2) is 27.0 Å². The number of carboxylic acid groups (broad SMARTS) is 1. The number of rotatable bonds is 12. The molecule has 0 amide bonds. The van der Waals surface area contributed by atoms with E-state index in [2.05, 4.69) is 73.8 Å². The van der Waals surface area contributed by atoms with Crippen LogP contribution in [0.15, 0.2) is 78.2 Å². The van der Waals surface area contributed by atoms with Crippen LogP contribution in [0, 0.1) is 0 Å². The number of hydrogen-bond acceptors (Lipinski definition) is 5. The summed E-state index contributed by atoms with van der Waals surface area (Å²) in [6.07, 6.45) is 5.40. The Labute approximate surface area is 241 Å². The zero-order chi connectivity index (χ0) is 27.9. The molecule has 1 aromatic heterocycles. The summed E-state index contributed by atoms with van der Waals surface area (Å²) in [7, 11) is 0. The fourth-order valence-corrected chi connectivity index (χ4v) is 6.45. The molecule has 1 aliphatic heterocycles. The van der Waals surface area contributed by atoms with Gasteiger partial charge in [-0.25, -0.2) is 4.98 Å². The minimum absolute atomic E-state index is 0.516. The largest absolute Gasteiger partial charge is 0.489 e. The Morgan fingerprint density at radius 1 is 1.00 bits per heavy atom. The second kappa shape index (κ2) is 13.2. The Bertz CT molecular complexity index is 1390. The number of ether oxygens (including phenoxy) is 1. The molecule has 6 heteroatoms. The molecule has 4 aromatic rings. The minimum Gasteiger partial charge on any atom is -0.489 e. The predicted molar refractivity (Wildman–Crippen MR) is 162 cm³/mol. The van der Waals surface area contributed by atoms with Crippen molar-refractivity contribution in [2.24, 2.45) is 0 Å². The summed E-state index contributed by atoms with van der Waals surface area (Å²) in [4.78, 5) is 18.9. The average Bonchev–Trinajstić information content (AvgIpc) is 3.44. The number of carboxylic acids is 1. The van der Waals surface area contributed by atoms with E-state index >= 15 is 0 Å². The van der Waals surface area contributed by atoms with E-state index in [1.54, 1.807) is 11.3 Å². The maximum absolute atomic E-state index is 12.0. The van der Waals surface area contributed by atoms with Crippen molar-refractivity contribution in [3.05, 3.63) is 105 Å². The standard InChI is InChI=1S/C34H38N2O3S/c1-3-7-25(8-4-2)26-15-17-30(18-16-26)39-22-24-11-13-27(14-12-24)31-23-40-33(35-31)21-36-20-29-10-6-5-9-28(29)19-32(36)34(37)38/h5-6,9-18,23,25,32H,3-4,7-8,19-22H2,1-2H3,(H,37,38)/t32-/m1/s1. The van der Waals surface area contributed by atoms with Crippen LogP contribution in [0.4, 0.5) is 0 Å². The molecule has 208 valence electrons. The molecule has 5 nitrogen and oxygen atoms in total. The second-order valence-electron chi connectivity index (χ2n) is 10.7. The highest BCUT2D eigenvalue weighted by molar-refractivity contribution is 7.09. The Hall–Kier alpha value is -3.48. The van der Waals surface area contributed by atoms with Crippen LogP contribution in [0.1, 0.15) is 72.7 Å². The van der Waals surface area contributed by atoms with Crippen molar-refractivity contribution in [3.63, 3.8) is 0 Å². The monoisotopic (exact) mass is 554 g/mol. The fourth-order valence-electron chi connectivity index (χ4n) is 5.63. The Kier molecular flexibility index (Phi) is 9.30. The molecule has 3 aromatic carbocycles. The molecule has 1 aliphatic rings. The highest BCUT2D eigenvalue weighted by atomic mass is 32.1. The van der Waals surface area contributed by atoms with Gasteiger partial charge in [-0.3, -0.25) is 9.69 Å². The van der Waals surface area contributed by atoms with E-state index in [-0.39, 0.29) is 0 Å². The minimum atomic E-state index is -0.780. The van der Waals surface area contributed by atoms with E-state index in [1.165, 1.54) is 36.8 Å². The molecule has 40 heavy (non-hydrogen) atoms. The molecule has 2 heterocycles. The zero-order valence-corrected chi connectivity index (χ0v) is 24.2. The van der Waals surface area contributed by atoms with Crippen LogP contribution in [0.5, 0.6) is 5.75 Å². The van der Waals surface area contributed by atoms with Crippen molar-refractivity contribution < 1.29 is 14.6 Å². The first-order valence-electron chi connectivity index (χ1n) is 14.3. The first-order chi connectivity index (χ1) is 19.5. The van der Waals surface area contributed by atoms with Gasteiger partial charge in [-0.05, 0) is 59.6 Å². The summed E-state index contributed by atoms with van der Waals surface area (Å²) in [5.74, 6) is 0.749. The summed E-state index contributed by atoms with van der Waals surface area (Å²) in [6.45, 7) is 6.17. The van der Waals surface area contributed by atoms with Gasteiger partial charge in [-0.1, -0.05) is 87.4 Å². The molecule has 0 unspecified atom stereocenters. The van der Waals surface area contributed by atoms with Gasteiger partial charge in [0, 0.05) is 17.5 Å². The summed E-state index contributed by atoms with van der Waals surface area (Å²) < 4.78 is 6.07. The molecule has 5 rings (SSSR count). The third kappa shape index (κ3) is 6.80. The van der Waals surface area contributed by atoms with Gasteiger partial charge in [0.2, 0.25) is 0 Å². The third-order valence-electron chi connectivity index (χ3n) is 7.80. The quantitative estimate of drug-likeness (QED) is 0.192. The third-order valence-corrected chi connectivity index (χ3v) is 8.64. The van der Waals surface area contributed by atoms with Gasteiger partial charge in [-0.15, -0.1) is 11.3 Å². The highest BCUT2D eigenvalue weighted by Gasteiger charge is 2.31. The van der Waals surface area contributed by atoms with Crippen molar-refractivity contribution in [1.82, 2.24) is 9.88 Å². The average molecular weight is 555 g/mol. The number of nitrogens with zero attached hydrogens (tertiary/aromatic N) is 2. The second-order valence-corrected chi connectivity index (χ2v) is 11.6. The van der Waals surface area contributed by atoms with Gasteiger partial charge >= 0.3 is 5.97 Å². The summed E-state index contributed by atoms with van der Waals surface area (Å²) >= 11 is 1.58. The topological polar surface area (TPSA) is 62.7 Å². The van der Waals surface area contributed by atoms with Crippen molar-refractivity contribution in [2.75, 3.05) is 0 Å². The molecule has 0 fully saturated rings. The Morgan fingerprint density at radius 2 is 1.70 bits per heavy atom. The molecule has 0 spiro atoms. The highest BCUT2D eigenvalue weighted by Crippen LogP contribution is 2.30. The van der Waals surface area contributed by atoms with Crippen molar-refractivity contribution in [1.29, 1.82) is 0 Å². The molecular weight excluding hydrogens is 516 g/mol. The predicted octanol–water partition coefficient (Wildman–Crippen LogP) is 8.08. The van der Waals surface area contributed by atoms with E-state index in [1.807, 2.05) is 23.1 Å². The number of carbonyl (C=O) groups is 1. The van der Waals surface area contributed by atoms with Crippen molar-refractivity contribution in [3.8, 4) is 17.0 Å². The van der Waals surface area contributed by atoms with Crippen molar-refractivity contribution >= 4 is 17.3 Å². The van der Waals surface area contributed by atoms with Crippen LogP contribution in [0.25, 0.3) is 11.3 Å². The zero-order valence-electron chi connectivity index (χ0n) is 23.4. The van der Waals surface area contributed by atoms with Gasteiger partial charge < -0.3 is 9.84 Å². The first kappa shape index (κ1) is 28.1. The van der Waals surface area contributed by atoms with E-state index in [0.717, 1.165) is 33.1 Å². The van der Waals surface area contributed by atoms with Gasteiger partial charge in [0.1, 0.15) is 23.4 Å². The first-order valence-corrected chi connectivity index (χ1v) is 15.2. The SMILES string of the molecule is CCCC(CCC)c1ccc(OCc2ccc(-c3csc(CN4Cc5ccccc5C[C@@H]4C(=O)O)n3)cc2)cc1. The van der Waals surface area contributed by atoms with Gasteiger partial charge in [-0.2, -0.15) is 0 Å². The maximum Gasteiger partial charge on any atom is 0.321 e. The lowest BCUT2D eigenvalue weighted by molar-refractivity contribution is -0.144. The van der Waals surface area contributed by atoms with E-state index < -0.39 is 12.0 Å². The number of aliphatic carboxylic acids is 1. The smallest absolute Gasteiger partial charge is 0.321 e. The summed E-state index contributed by atoms with van der Waals surface area (Å²) in [6, 6.07) is 24.5. The van der Waals surface area contributed by atoms with Crippen LogP contribution in [0.3, 0.4) is 0 Å². The van der Waals surface area contributed by atoms with E-state index in [4.69, 9.17) is 9.72 Å². The van der Waals surface area contributed by atoms with Crippen molar-refractivity contribution in [2.45, 2.75) is 77.6 Å². The van der Waals surface area contributed by atoms with Crippen LogP contribution in [-0.2, 0) is 30.9 Å². The molecule has 0 radical (unpaired) electrons. The Balaban J connectivity index is 1.18. The van der Waals surface area contributed by atoms with Gasteiger partial charge in [0.05, 0.1) is 12.2 Å². The molecule has 0 saturated carbocycles. The van der Waals surface area contributed by atoms with E-state index in [9.17, 15) is 9.90 Å². The normalized spacial score (nSPS) is 15.2. The number of thiazole rings is 1. The molecular formula is C34H38N2O3S. The maximum atomic E-state index is 12.0. The molecule has 1 N–H and O–H groups in total. The summed E-state index contributed by atoms with van der Waals surface area (Å²) in [5, 5.41) is 12.8. The molecule has 0 aliphatic carbocycles. The molecule has 1 atom stereocenters. The lowest BCUT2D eigenvalue weighted by Gasteiger charge is -2.33. The molecule has 0 saturated heterocycles. The van der Waals surface area contributed by atoms with E-state index in [0.29, 0.717) is 32.0 Å². The van der Waals surface area contributed by atoms with Crippen LogP contribution in [0.2, 0.25) is 0 Å². The van der Waals surface area contributed by atoms with Gasteiger partial charge in [0.15, 0.2) is 0 Å². The fraction of sp³-hybridized carbons (Fsp3) is 0.353. The van der Waals surface area contributed by atoms with Crippen LogP contribution < -0.4 is 4.74 Å². The Morgan fingerprint density at radius 3 is 2.38 bits per heavy atom. The lowest BCUT2D eigenvalue weighted by atomic mass is 9.90. The number of hydrogen-bond donors (Lipinski definition) is 1. The lowest BCUT2D eigenvalue weighted by Crippen LogP contribution is -2.44. The number of fused-ring (bicyclic) bond motifs is 1. The number of aromatic nitrogens is 1. The number of benzene rings is 3. The van der Waals surface area contributed by atoms with Gasteiger partial charge in [0.25, 0.3) is 0 Å². The summed E-state index contributed by atoms with van der Waals surface area (Å²) in [5.41, 5.74) is 6.80. The van der Waals surface area contributed by atoms with Crippen LogP contribution >= 0.6 is 11.3 Å². The molecule has 0 bridgehead atoms.